The van der Waals surface area contributed by atoms with E-state index in [0.29, 0.717) is 0 Å². The lowest BCUT2D eigenvalue weighted by Gasteiger charge is -2.33. The molecule has 0 aliphatic rings. The van der Waals surface area contributed by atoms with Crippen LogP contribution in [0.1, 0.15) is 73.4 Å². The van der Waals surface area contributed by atoms with Crippen LogP contribution in [0.3, 0.4) is 0 Å². The first-order valence-electron chi connectivity index (χ1n) is 7.13. The average Bonchev–Trinajstić information content (AvgIpc) is 2.41. The summed E-state index contributed by atoms with van der Waals surface area (Å²) in [5, 5.41) is 37.5. The number of rotatable bonds is 4. The van der Waals surface area contributed by atoms with Gasteiger partial charge in [-0.25, -0.2) is 20.1 Å². The summed E-state index contributed by atoms with van der Waals surface area (Å²) in [4.78, 5) is 31.8. The highest BCUT2D eigenvalue weighted by molar-refractivity contribution is 6.03. The summed E-state index contributed by atoms with van der Waals surface area (Å²) < 4.78 is 0. The largest absolute Gasteiger partial charge is 0.478 e. The van der Waals surface area contributed by atoms with E-state index in [2.05, 4.69) is 9.78 Å². The van der Waals surface area contributed by atoms with E-state index >= 15 is 0 Å². The molecule has 0 spiro atoms. The van der Waals surface area contributed by atoms with E-state index in [1.807, 2.05) is 0 Å². The van der Waals surface area contributed by atoms with Gasteiger partial charge in [0.2, 0.25) is 0 Å². The van der Waals surface area contributed by atoms with Crippen LogP contribution in [0.25, 0.3) is 0 Å². The molecule has 0 unspecified atom stereocenters. The number of benzene rings is 1. The number of carbonyl (C=O) groups is 2. The predicted molar refractivity (Wildman–Crippen MR) is 84.3 cm³/mol. The number of carboxylic acid groups (broad SMARTS) is 2. The highest BCUT2D eigenvalue weighted by atomic mass is 17.1. The van der Waals surface area contributed by atoms with Gasteiger partial charge in [-0.15, -0.1) is 0 Å². The second-order valence-corrected chi connectivity index (χ2v) is 7.45. The molecule has 4 N–H and O–H groups in total. The van der Waals surface area contributed by atoms with Gasteiger partial charge in [-0.05, 0) is 16.4 Å². The van der Waals surface area contributed by atoms with Gasteiger partial charge in [-0.3, -0.25) is 0 Å². The lowest BCUT2D eigenvalue weighted by molar-refractivity contribution is -0.147. The average molecular weight is 342 g/mol. The van der Waals surface area contributed by atoms with Crippen LogP contribution in [0.4, 0.5) is 0 Å². The molecule has 8 heteroatoms. The van der Waals surface area contributed by atoms with Crippen molar-refractivity contribution in [1.82, 2.24) is 0 Å². The van der Waals surface area contributed by atoms with Gasteiger partial charge in [0.15, 0.2) is 17.1 Å². The first-order valence-corrected chi connectivity index (χ1v) is 7.13. The fraction of sp³-hybridized carbons (Fsp3) is 0.500. The zero-order valence-corrected chi connectivity index (χ0v) is 14.4. The third kappa shape index (κ3) is 3.29. The van der Waals surface area contributed by atoms with Crippen LogP contribution in [0, 0.1) is 0 Å². The molecule has 0 aliphatic carbocycles. The van der Waals surface area contributed by atoms with E-state index in [9.17, 15) is 25.1 Å². The van der Waals surface area contributed by atoms with Crippen molar-refractivity contribution in [2.24, 2.45) is 0 Å². The quantitative estimate of drug-likeness (QED) is 0.483. The molecular weight excluding hydrogens is 320 g/mol. The molecule has 0 radical (unpaired) electrons. The van der Waals surface area contributed by atoms with Crippen molar-refractivity contribution in [1.29, 1.82) is 0 Å². The highest BCUT2D eigenvalue weighted by Gasteiger charge is 2.41. The molecule has 0 aliphatic heterocycles. The molecule has 0 aromatic heterocycles. The van der Waals surface area contributed by atoms with Gasteiger partial charge in [0, 0.05) is 5.56 Å². The van der Waals surface area contributed by atoms with Crippen molar-refractivity contribution >= 4 is 11.9 Å². The second kappa shape index (κ2) is 6.29. The third-order valence-electron chi connectivity index (χ3n) is 3.52. The molecular formula is C16H22O8. The molecule has 0 heterocycles. The van der Waals surface area contributed by atoms with E-state index < -0.39 is 45.4 Å². The minimum atomic E-state index is -1.61. The maximum absolute atomic E-state index is 11.8. The Hall–Kier alpha value is -2.32. The Morgan fingerprint density at radius 3 is 1.33 bits per heavy atom. The van der Waals surface area contributed by atoms with E-state index in [0.717, 1.165) is 0 Å². The summed E-state index contributed by atoms with van der Waals surface area (Å²) in [5.74, 6) is -4.34. The number of hydrogen-bond acceptors (Lipinski definition) is 6. The van der Waals surface area contributed by atoms with Crippen molar-refractivity contribution in [2.45, 2.75) is 52.4 Å². The number of aromatic carboxylic acids is 2. The van der Waals surface area contributed by atoms with Crippen molar-refractivity contribution < 1.29 is 40.1 Å². The topological polar surface area (TPSA) is 134 Å². The van der Waals surface area contributed by atoms with Crippen molar-refractivity contribution in [3.05, 3.63) is 22.3 Å². The molecule has 1 aromatic carbocycles. The summed E-state index contributed by atoms with van der Waals surface area (Å²) in [6, 6.07) is 0. The van der Waals surface area contributed by atoms with Gasteiger partial charge in [0.25, 0.3) is 0 Å². The van der Waals surface area contributed by atoms with E-state index in [1.54, 1.807) is 41.5 Å². The van der Waals surface area contributed by atoms with Gasteiger partial charge in [-0.1, -0.05) is 41.5 Å². The maximum Gasteiger partial charge on any atom is 0.343 e. The van der Waals surface area contributed by atoms with E-state index in [1.165, 1.54) is 0 Å². The minimum Gasteiger partial charge on any atom is -0.478 e. The van der Waals surface area contributed by atoms with Crippen LogP contribution < -0.4 is 9.78 Å². The third-order valence-corrected chi connectivity index (χ3v) is 3.52. The SMILES string of the molecule is CC(C)(C)c1c(OO)c(C(=O)O)c(OO)c(C(=O)O)c1C(C)(C)C. The van der Waals surface area contributed by atoms with Gasteiger partial charge in [0.1, 0.15) is 5.56 Å². The lowest BCUT2D eigenvalue weighted by Crippen LogP contribution is -2.28. The Labute approximate surface area is 139 Å². The van der Waals surface area contributed by atoms with E-state index in [-0.39, 0.29) is 11.1 Å². The van der Waals surface area contributed by atoms with E-state index in [4.69, 9.17) is 5.26 Å². The monoisotopic (exact) mass is 342 g/mol. The van der Waals surface area contributed by atoms with Crippen LogP contribution in [-0.2, 0) is 10.8 Å². The molecule has 134 valence electrons. The molecule has 1 rings (SSSR count). The normalized spacial score (nSPS) is 12.0. The van der Waals surface area contributed by atoms with Crippen molar-refractivity contribution in [3.63, 3.8) is 0 Å². The van der Waals surface area contributed by atoms with Crippen LogP contribution in [0.5, 0.6) is 11.5 Å². The fourth-order valence-electron chi connectivity index (χ4n) is 2.75. The maximum atomic E-state index is 11.8. The summed E-state index contributed by atoms with van der Waals surface area (Å²) in [5.41, 5.74) is -2.42. The zero-order chi connectivity index (χ0) is 19.0. The molecule has 0 saturated carbocycles. The van der Waals surface area contributed by atoms with Crippen molar-refractivity contribution in [3.8, 4) is 11.5 Å². The van der Waals surface area contributed by atoms with Gasteiger partial charge < -0.3 is 20.0 Å². The minimum absolute atomic E-state index is 0.195. The van der Waals surface area contributed by atoms with Gasteiger partial charge in [0.05, 0.1) is 0 Å². The molecule has 8 nitrogen and oxygen atoms in total. The summed E-state index contributed by atoms with van der Waals surface area (Å²) >= 11 is 0. The van der Waals surface area contributed by atoms with Crippen LogP contribution in [0.2, 0.25) is 0 Å². The molecule has 24 heavy (non-hydrogen) atoms. The predicted octanol–water partition coefficient (Wildman–Crippen LogP) is 3.38. The first kappa shape index (κ1) is 19.7. The molecule has 0 atom stereocenters. The fourth-order valence-corrected chi connectivity index (χ4v) is 2.75. The molecule has 0 saturated heterocycles. The Balaban J connectivity index is 4.36. The van der Waals surface area contributed by atoms with Crippen molar-refractivity contribution in [2.75, 3.05) is 0 Å². The summed E-state index contributed by atoms with van der Waals surface area (Å²) in [7, 11) is 0. The Morgan fingerprint density at radius 1 is 0.708 bits per heavy atom. The van der Waals surface area contributed by atoms with Crippen LogP contribution in [-0.4, -0.2) is 32.7 Å². The van der Waals surface area contributed by atoms with Gasteiger partial charge in [-0.2, -0.15) is 0 Å². The second-order valence-electron chi connectivity index (χ2n) is 7.45. The first-order chi connectivity index (χ1) is 10.8. The van der Waals surface area contributed by atoms with Gasteiger partial charge >= 0.3 is 11.9 Å². The number of hydrogen-bond donors (Lipinski definition) is 4. The number of carboxylic acids is 2. The Kier molecular flexibility index (Phi) is 5.17. The molecule has 0 fully saturated rings. The Morgan fingerprint density at radius 2 is 1.08 bits per heavy atom. The summed E-state index contributed by atoms with van der Waals surface area (Å²) in [6.45, 7) is 10.3. The highest BCUT2D eigenvalue weighted by Crippen LogP contribution is 2.48. The molecule has 0 amide bonds. The lowest BCUT2D eigenvalue weighted by atomic mass is 9.71. The zero-order valence-electron chi connectivity index (χ0n) is 14.4. The molecule has 1 aromatic rings. The smallest absolute Gasteiger partial charge is 0.343 e. The summed E-state index contributed by atoms with van der Waals surface area (Å²) in [6.07, 6.45) is 0. The standard InChI is InChI=1S/C16H22O8/c1-15(2,3)9-7(13(17)18)11(23-21)8(14(19)20)12(24-22)10(9)16(4,5)6/h21-22H,1-6H3,(H,17,18)(H,19,20). The Bertz CT molecular complexity index is 677. The molecule has 0 bridgehead atoms. The van der Waals surface area contributed by atoms with Crippen LogP contribution in [0.15, 0.2) is 0 Å². The van der Waals surface area contributed by atoms with Crippen LogP contribution >= 0.6 is 0 Å².